The van der Waals surface area contributed by atoms with Gasteiger partial charge in [0.05, 0.1) is 12.8 Å². The van der Waals surface area contributed by atoms with Crippen molar-refractivity contribution < 1.29 is 4.74 Å². The molecule has 1 aliphatic heterocycles. The number of anilines is 3. The average Bonchev–Trinajstić information content (AvgIpc) is 2.65. The minimum Gasteiger partial charge on any atom is -0.383 e. The highest BCUT2D eigenvalue weighted by molar-refractivity contribution is 5.57. The topological polar surface area (TPSA) is 66.4 Å². The lowest BCUT2D eigenvalue weighted by molar-refractivity contribution is 0.210. The first-order valence-electron chi connectivity index (χ1n) is 8.67. The SMILES string of the molecule is COCCNc1nncc(N2CCN(c3cccc(C)c3C)CC2)n1. The zero-order valence-corrected chi connectivity index (χ0v) is 15.2. The molecule has 0 saturated carbocycles. The zero-order valence-electron chi connectivity index (χ0n) is 15.2. The third-order valence-electron chi connectivity index (χ3n) is 4.66. The quantitative estimate of drug-likeness (QED) is 0.804. The van der Waals surface area contributed by atoms with Crippen LogP contribution >= 0.6 is 0 Å². The van der Waals surface area contributed by atoms with Gasteiger partial charge in [-0.3, -0.25) is 0 Å². The molecule has 3 rings (SSSR count). The van der Waals surface area contributed by atoms with Crippen LogP contribution in [0.25, 0.3) is 0 Å². The predicted octanol–water partition coefficient (Wildman–Crippen LogP) is 1.87. The summed E-state index contributed by atoms with van der Waals surface area (Å²) in [7, 11) is 1.67. The Morgan fingerprint density at radius 1 is 1.12 bits per heavy atom. The second-order valence-corrected chi connectivity index (χ2v) is 6.25. The summed E-state index contributed by atoms with van der Waals surface area (Å²) in [5.74, 6) is 1.42. The number of hydrogen-bond acceptors (Lipinski definition) is 7. The molecular formula is C18H26N6O. The summed E-state index contributed by atoms with van der Waals surface area (Å²) in [6, 6.07) is 6.51. The molecule has 134 valence electrons. The third-order valence-corrected chi connectivity index (χ3v) is 4.66. The van der Waals surface area contributed by atoms with Crippen LogP contribution in [0.4, 0.5) is 17.5 Å². The van der Waals surface area contributed by atoms with Gasteiger partial charge in [0.2, 0.25) is 5.95 Å². The Morgan fingerprint density at radius 2 is 1.88 bits per heavy atom. The Morgan fingerprint density at radius 3 is 2.64 bits per heavy atom. The van der Waals surface area contributed by atoms with Crippen LogP contribution < -0.4 is 15.1 Å². The van der Waals surface area contributed by atoms with E-state index in [2.05, 4.69) is 62.3 Å². The van der Waals surface area contributed by atoms with E-state index in [4.69, 9.17) is 4.74 Å². The molecule has 2 heterocycles. The van der Waals surface area contributed by atoms with Crippen LogP contribution in [0.3, 0.4) is 0 Å². The van der Waals surface area contributed by atoms with Gasteiger partial charge in [0.15, 0.2) is 5.82 Å². The van der Waals surface area contributed by atoms with Gasteiger partial charge in [-0.2, -0.15) is 10.1 Å². The van der Waals surface area contributed by atoms with Gasteiger partial charge < -0.3 is 19.9 Å². The van der Waals surface area contributed by atoms with E-state index in [9.17, 15) is 0 Å². The van der Waals surface area contributed by atoms with E-state index in [1.165, 1.54) is 16.8 Å². The Kier molecular flexibility index (Phi) is 5.65. The Bertz CT molecular complexity index is 700. The summed E-state index contributed by atoms with van der Waals surface area (Å²) in [5.41, 5.74) is 4.04. The summed E-state index contributed by atoms with van der Waals surface area (Å²) in [6.07, 6.45) is 1.73. The number of methoxy groups -OCH3 is 1. The number of benzene rings is 1. The van der Waals surface area contributed by atoms with Crippen molar-refractivity contribution in [1.29, 1.82) is 0 Å². The number of aryl methyl sites for hydroxylation is 1. The monoisotopic (exact) mass is 342 g/mol. The normalized spacial score (nSPS) is 14.7. The second-order valence-electron chi connectivity index (χ2n) is 6.25. The first kappa shape index (κ1) is 17.4. The lowest BCUT2D eigenvalue weighted by atomic mass is 10.1. The van der Waals surface area contributed by atoms with Crippen molar-refractivity contribution in [3.05, 3.63) is 35.5 Å². The molecule has 0 unspecified atom stereocenters. The number of aromatic nitrogens is 3. The largest absolute Gasteiger partial charge is 0.383 e. The smallest absolute Gasteiger partial charge is 0.244 e. The Hall–Kier alpha value is -2.41. The first-order valence-corrected chi connectivity index (χ1v) is 8.67. The van der Waals surface area contributed by atoms with Gasteiger partial charge >= 0.3 is 0 Å². The molecular weight excluding hydrogens is 316 g/mol. The summed E-state index contributed by atoms with van der Waals surface area (Å²) < 4.78 is 5.03. The van der Waals surface area contributed by atoms with E-state index in [1.807, 2.05) is 0 Å². The molecule has 7 nitrogen and oxygen atoms in total. The average molecular weight is 342 g/mol. The highest BCUT2D eigenvalue weighted by Crippen LogP contribution is 2.24. The van der Waals surface area contributed by atoms with Gasteiger partial charge in [-0.1, -0.05) is 12.1 Å². The van der Waals surface area contributed by atoms with Crippen molar-refractivity contribution in [3.8, 4) is 0 Å². The van der Waals surface area contributed by atoms with Crippen LogP contribution in [0.2, 0.25) is 0 Å². The summed E-state index contributed by atoms with van der Waals surface area (Å²) >= 11 is 0. The number of piperazine rings is 1. The lowest BCUT2D eigenvalue weighted by Crippen LogP contribution is -2.47. The molecule has 1 aromatic carbocycles. The van der Waals surface area contributed by atoms with Crippen molar-refractivity contribution >= 4 is 17.5 Å². The van der Waals surface area contributed by atoms with Crippen LogP contribution in [0.5, 0.6) is 0 Å². The standard InChI is InChI=1S/C18H26N6O/c1-14-5-4-6-16(15(14)2)23-8-10-24(11-9-23)17-13-20-22-18(21-17)19-7-12-25-3/h4-6,13H,7-12H2,1-3H3,(H,19,21,22). The lowest BCUT2D eigenvalue weighted by Gasteiger charge is -2.37. The molecule has 1 fully saturated rings. The molecule has 0 aliphatic carbocycles. The van der Waals surface area contributed by atoms with Crippen LogP contribution in [-0.2, 0) is 4.74 Å². The van der Waals surface area contributed by atoms with Gasteiger partial charge in [-0.15, -0.1) is 5.10 Å². The third kappa shape index (κ3) is 4.17. The van der Waals surface area contributed by atoms with Crippen molar-refractivity contribution in [2.45, 2.75) is 13.8 Å². The van der Waals surface area contributed by atoms with Gasteiger partial charge in [-0.05, 0) is 31.0 Å². The zero-order chi connectivity index (χ0) is 17.6. The molecule has 0 atom stereocenters. The van der Waals surface area contributed by atoms with E-state index in [0.717, 1.165) is 32.0 Å². The fourth-order valence-electron chi connectivity index (χ4n) is 3.04. The fourth-order valence-corrected chi connectivity index (χ4v) is 3.04. The predicted molar refractivity (Wildman–Crippen MR) is 101 cm³/mol. The van der Waals surface area contributed by atoms with Gasteiger partial charge in [0.25, 0.3) is 0 Å². The maximum absolute atomic E-state index is 5.03. The number of nitrogens with one attached hydrogen (secondary N) is 1. The number of nitrogens with zero attached hydrogens (tertiary/aromatic N) is 5. The molecule has 25 heavy (non-hydrogen) atoms. The molecule has 0 bridgehead atoms. The van der Waals surface area contributed by atoms with E-state index >= 15 is 0 Å². The Labute approximate surface area is 149 Å². The molecule has 2 aromatic rings. The van der Waals surface area contributed by atoms with Crippen LogP contribution in [0, 0.1) is 13.8 Å². The minimum absolute atomic E-state index is 0.548. The molecule has 1 aliphatic rings. The molecule has 1 N–H and O–H groups in total. The van der Waals surface area contributed by atoms with Gasteiger partial charge in [0, 0.05) is 45.5 Å². The molecule has 0 spiro atoms. The number of ether oxygens (including phenoxy) is 1. The van der Waals surface area contributed by atoms with Crippen LogP contribution in [0.15, 0.2) is 24.4 Å². The van der Waals surface area contributed by atoms with Crippen molar-refractivity contribution in [1.82, 2.24) is 15.2 Å². The minimum atomic E-state index is 0.548. The van der Waals surface area contributed by atoms with Crippen molar-refractivity contribution in [2.75, 3.05) is 61.6 Å². The molecule has 1 aromatic heterocycles. The Balaban J connectivity index is 1.62. The van der Waals surface area contributed by atoms with E-state index in [0.29, 0.717) is 19.1 Å². The van der Waals surface area contributed by atoms with Crippen molar-refractivity contribution in [3.63, 3.8) is 0 Å². The fraction of sp³-hybridized carbons (Fsp3) is 0.500. The van der Waals surface area contributed by atoms with Gasteiger partial charge in [-0.25, -0.2) is 0 Å². The van der Waals surface area contributed by atoms with E-state index in [-0.39, 0.29) is 0 Å². The molecule has 0 radical (unpaired) electrons. The van der Waals surface area contributed by atoms with E-state index < -0.39 is 0 Å². The van der Waals surface area contributed by atoms with Crippen LogP contribution in [-0.4, -0.2) is 61.6 Å². The number of rotatable bonds is 6. The molecule has 1 saturated heterocycles. The summed E-state index contributed by atoms with van der Waals surface area (Å²) in [4.78, 5) is 9.28. The highest BCUT2D eigenvalue weighted by atomic mass is 16.5. The maximum atomic E-state index is 5.03. The van der Waals surface area contributed by atoms with Gasteiger partial charge in [0.1, 0.15) is 0 Å². The molecule has 7 heteroatoms. The van der Waals surface area contributed by atoms with Crippen molar-refractivity contribution in [2.24, 2.45) is 0 Å². The summed E-state index contributed by atoms with van der Waals surface area (Å²) in [5, 5.41) is 11.2. The maximum Gasteiger partial charge on any atom is 0.244 e. The van der Waals surface area contributed by atoms with Crippen LogP contribution in [0.1, 0.15) is 11.1 Å². The first-order chi connectivity index (χ1) is 12.2. The van der Waals surface area contributed by atoms with E-state index in [1.54, 1.807) is 13.3 Å². The molecule has 0 amide bonds. The summed E-state index contributed by atoms with van der Waals surface area (Å²) in [6.45, 7) is 9.43. The highest BCUT2D eigenvalue weighted by Gasteiger charge is 2.20. The second kappa shape index (κ2) is 8.11. The number of hydrogen-bond donors (Lipinski definition) is 1.